The van der Waals surface area contributed by atoms with Gasteiger partial charge < -0.3 is 10.1 Å². The molecule has 4 nitrogen and oxygen atoms in total. The number of ketones is 1. The maximum Gasteiger partial charge on any atom is 0.249 e. The monoisotopic (exact) mass is 273 g/mol. The Bertz CT molecular complexity index is 533. The molecule has 1 aliphatic carbocycles. The first-order valence-electron chi connectivity index (χ1n) is 7.28. The van der Waals surface area contributed by atoms with Crippen LogP contribution in [-0.4, -0.2) is 30.9 Å². The van der Waals surface area contributed by atoms with Gasteiger partial charge in [-0.15, -0.1) is 0 Å². The summed E-state index contributed by atoms with van der Waals surface area (Å²) in [5.41, 5.74) is 3.32. The van der Waals surface area contributed by atoms with E-state index < -0.39 is 0 Å². The predicted octanol–water partition coefficient (Wildman–Crippen LogP) is 1.65. The Balaban J connectivity index is 1.57. The van der Waals surface area contributed by atoms with Crippen molar-refractivity contribution in [2.45, 2.75) is 38.2 Å². The Hall–Kier alpha value is -1.68. The standard InChI is InChI=1S/C16H19NO3/c18-14(10-17-16(19)15-5-2-8-20-15)13-7-6-11-3-1-4-12(11)9-13/h6-7,9,15H,1-5,8,10H2,(H,17,19). The zero-order valence-electron chi connectivity index (χ0n) is 11.5. The Morgan fingerprint density at radius 3 is 2.85 bits per heavy atom. The number of carbonyl (C=O) groups excluding carboxylic acids is 2. The van der Waals surface area contributed by atoms with E-state index in [-0.39, 0.29) is 24.3 Å². The fourth-order valence-electron chi connectivity index (χ4n) is 2.91. The normalized spacial score (nSPS) is 20.7. The number of fused-ring (bicyclic) bond motifs is 1. The zero-order valence-corrected chi connectivity index (χ0v) is 11.5. The van der Waals surface area contributed by atoms with Gasteiger partial charge in [-0.25, -0.2) is 0 Å². The maximum absolute atomic E-state index is 12.1. The number of carbonyl (C=O) groups is 2. The molecule has 1 heterocycles. The Morgan fingerprint density at radius 2 is 2.05 bits per heavy atom. The summed E-state index contributed by atoms with van der Waals surface area (Å²) in [6.45, 7) is 0.689. The number of Topliss-reactive ketones (excluding diaryl/α,β-unsaturated/α-hetero) is 1. The van der Waals surface area contributed by atoms with Gasteiger partial charge in [0, 0.05) is 12.2 Å². The van der Waals surface area contributed by atoms with E-state index in [0.717, 1.165) is 25.7 Å². The Kier molecular flexibility index (Phi) is 3.83. The average Bonchev–Trinajstić information content (AvgIpc) is 3.13. The number of nitrogens with one attached hydrogen (secondary N) is 1. The van der Waals surface area contributed by atoms with Crippen molar-refractivity contribution in [2.75, 3.05) is 13.2 Å². The summed E-state index contributed by atoms with van der Waals surface area (Å²) in [4.78, 5) is 23.9. The topological polar surface area (TPSA) is 55.4 Å². The molecule has 106 valence electrons. The summed E-state index contributed by atoms with van der Waals surface area (Å²) in [6, 6.07) is 5.88. The number of ether oxygens (including phenoxy) is 1. The van der Waals surface area contributed by atoms with Gasteiger partial charge in [0.15, 0.2) is 5.78 Å². The highest BCUT2D eigenvalue weighted by atomic mass is 16.5. The number of amides is 1. The summed E-state index contributed by atoms with van der Waals surface area (Å²) in [5.74, 6) is -0.206. The fourth-order valence-corrected chi connectivity index (χ4v) is 2.91. The molecule has 1 atom stereocenters. The van der Waals surface area contributed by atoms with Crippen molar-refractivity contribution in [1.82, 2.24) is 5.32 Å². The summed E-state index contributed by atoms with van der Waals surface area (Å²) in [7, 11) is 0. The highest BCUT2D eigenvalue weighted by molar-refractivity contribution is 5.99. The highest BCUT2D eigenvalue weighted by Gasteiger charge is 2.24. The molecule has 1 fully saturated rings. The van der Waals surface area contributed by atoms with E-state index >= 15 is 0 Å². The quantitative estimate of drug-likeness (QED) is 0.849. The minimum Gasteiger partial charge on any atom is -0.368 e. The lowest BCUT2D eigenvalue weighted by molar-refractivity contribution is -0.129. The van der Waals surface area contributed by atoms with E-state index in [1.165, 1.54) is 17.5 Å². The van der Waals surface area contributed by atoms with Crippen LogP contribution >= 0.6 is 0 Å². The van der Waals surface area contributed by atoms with Crippen molar-refractivity contribution in [3.8, 4) is 0 Å². The van der Waals surface area contributed by atoms with E-state index in [1.54, 1.807) is 0 Å². The molecule has 1 amide bonds. The van der Waals surface area contributed by atoms with Crippen LogP contribution in [0.1, 0.15) is 40.7 Å². The van der Waals surface area contributed by atoms with Gasteiger partial charge in [0.2, 0.25) is 5.91 Å². The molecule has 1 saturated heterocycles. The van der Waals surface area contributed by atoms with Gasteiger partial charge in [-0.2, -0.15) is 0 Å². The first-order valence-corrected chi connectivity index (χ1v) is 7.28. The minimum absolute atomic E-state index is 0.0361. The van der Waals surface area contributed by atoms with Crippen LogP contribution < -0.4 is 5.32 Å². The van der Waals surface area contributed by atoms with Gasteiger partial charge in [-0.05, 0) is 49.3 Å². The molecule has 0 aromatic heterocycles. The van der Waals surface area contributed by atoms with E-state index in [1.807, 2.05) is 18.2 Å². The largest absolute Gasteiger partial charge is 0.368 e. The second-order valence-electron chi connectivity index (χ2n) is 5.48. The molecule has 1 aromatic carbocycles. The molecule has 4 heteroatoms. The zero-order chi connectivity index (χ0) is 13.9. The van der Waals surface area contributed by atoms with Crippen molar-refractivity contribution >= 4 is 11.7 Å². The molecular weight excluding hydrogens is 254 g/mol. The number of aryl methyl sites for hydroxylation is 2. The third-order valence-electron chi connectivity index (χ3n) is 4.07. The average molecular weight is 273 g/mol. The number of rotatable bonds is 4. The van der Waals surface area contributed by atoms with Crippen molar-refractivity contribution < 1.29 is 14.3 Å². The van der Waals surface area contributed by atoms with Gasteiger partial charge in [0.1, 0.15) is 6.10 Å². The molecule has 1 aliphatic heterocycles. The molecule has 0 saturated carbocycles. The van der Waals surface area contributed by atoms with Crippen molar-refractivity contribution in [3.05, 3.63) is 34.9 Å². The smallest absolute Gasteiger partial charge is 0.249 e. The first kappa shape index (κ1) is 13.3. The van der Waals surface area contributed by atoms with E-state index in [2.05, 4.69) is 5.32 Å². The van der Waals surface area contributed by atoms with E-state index in [9.17, 15) is 9.59 Å². The highest BCUT2D eigenvalue weighted by Crippen LogP contribution is 2.22. The predicted molar refractivity (Wildman–Crippen MR) is 74.8 cm³/mol. The molecule has 20 heavy (non-hydrogen) atoms. The van der Waals surface area contributed by atoms with Crippen LogP contribution in [0.4, 0.5) is 0 Å². The van der Waals surface area contributed by atoms with Crippen LogP contribution in [0.2, 0.25) is 0 Å². The maximum atomic E-state index is 12.1. The molecular formula is C16H19NO3. The molecule has 1 unspecified atom stereocenters. The van der Waals surface area contributed by atoms with Crippen LogP contribution in [0.3, 0.4) is 0 Å². The van der Waals surface area contributed by atoms with Crippen molar-refractivity contribution in [3.63, 3.8) is 0 Å². The lowest BCUT2D eigenvalue weighted by Gasteiger charge is -2.10. The van der Waals surface area contributed by atoms with Crippen LogP contribution in [0.15, 0.2) is 18.2 Å². The summed E-state index contributed by atoms with van der Waals surface area (Å²) < 4.78 is 5.29. The van der Waals surface area contributed by atoms with Gasteiger partial charge in [-0.1, -0.05) is 12.1 Å². The Morgan fingerprint density at radius 1 is 1.20 bits per heavy atom. The van der Waals surface area contributed by atoms with Gasteiger partial charge in [0.05, 0.1) is 6.54 Å². The van der Waals surface area contributed by atoms with Crippen LogP contribution in [0, 0.1) is 0 Å². The number of hydrogen-bond donors (Lipinski definition) is 1. The van der Waals surface area contributed by atoms with E-state index in [4.69, 9.17) is 4.74 Å². The molecule has 0 bridgehead atoms. The third kappa shape index (κ3) is 2.75. The van der Waals surface area contributed by atoms with E-state index in [0.29, 0.717) is 12.2 Å². The molecule has 0 radical (unpaired) electrons. The van der Waals surface area contributed by atoms with Crippen LogP contribution in [0.5, 0.6) is 0 Å². The molecule has 0 spiro atoms. The first-order chi connectivity index (χ1) is 9.74. The molecule has 2 aliphatic rings. The summed E-state index contributed by atoms with van der Waals surface area (Å²) in [6.07, 6.45) is 4.62. The molecule has 3 rings (SSSR count). The van der Waals surface area contributed by atoms with Crippen LogP contribution in [-0.2, 0) is 22.4 Å². The number of benzene rings is 1. The van der Waals surface area contributed by atoms with Gasteiger partial charge in [0.25, 0.3) is 0 Å². The van der Waals surface area contributed by atoms with Crippen molar-refractivity contribution in [1.29, 1.82) is 0 Å². The fraction of sp³-hybridized carbons (Fsp3) is 0.500. The second kappa shape index (κ2) is 5.75. The molecule has 1 N–H and O–H groups in total. The van der Waals surface area contributed by atoms with Gasteiger partial charge in [-0.3, -0.25) is 9.59 Å². The summed E-state index contributed by atoms with van der Waals surface area (Å²) in [5, 5.41) is 2.68. The van der Waals surface area contributed by atoms with Crippen molar-refractivity contribution in [2.24, 2.45) is 0 Å². The second-order valence-corrected chi connectivity index (χ2v) is 5.48. The lowest BCUT2D eigenvalue weighted by atomic mass is 10.0. The number of hydrogen-bond acceptors (Lipinski definition) is 3. The summed E-state index contributed by atoms with van der Waals surface area (Å²) >= 11 is 0. The minimum atomic E-state index is -0.372. The van der Waals surface area contributed by atoms with Crippen LogP contribution in [0.25, 0.3) is 0 Å². The Labute approximate surface area is 118 Å². The molecule has 1 aromatic rings. The third-order valence-corrected chi connectivity index (χ3v) is 4.07. The lowest BCUT2D eigenvalue weighted by Crippen LogP contribution is -2.37. The van der Waals surface area contributed by atoms with Gasteiger partial charge >= 0.3 is 0 Å². The SMILES string of the molecule is O=C(CNC(=O)C1CCCO1)c1ccc2c(c1)CCC2.